The molecule has 3 nitrogen and oxygen atoms in total. The van der Waals surface area contributed by atoms with Crippen molar-refractivity contribution in [3.05, 3.63) is 0 Å². The van der Waals surface area contributed by atoms with Crippen molar-refractivity contribution in [3.8, 4) is 0 Å². The van der Waals surface area contributed by atoms with Gasteiger partial charge in [0.05, 0.1) is 6.61 Å². The highest BCUT2D eigenvalue weighted by molar-refractivity contribution is 5.78. The number of rotatable bonds is 20. The highest BCUT2D eigenvalue weighted by atomic mass is 16.5. The smallest absolute Gasteiger partial charge is 0.337 e. The Hall–Kier alpha value is -0.570. The van der Waals surface area contributed by atoms with Gasteiger partial charge in [0.2, 0.25) is 0 Å². The van der Waals surface area contributed by atoms with E-state index in [1.165, 1.54) is 117 Å². The molecule has 0 rings (SSSR count). The van der Waals surface area contributed by atoms with Crippen LogP contribution in [0.5, 0.6) is 0 Å². The minimum absolute atomic E-state index is 0.432. The van der Waals surface area contributed by atoms with E-state index in [4.69, 9.17) is 4.74 Å². The van der Waals surface area contributed by atoms with Crippen molar-refractivity contribution >= 4 is 5.97 Å². The Labute approximate surface area is 169 Å². The molecule has 1 N–H and O–H groups in total. The lowest BCUT2D eigenvalue weighted by atomic mass is 10.0. The second-order valence-corrected chi connectivity index (χ2v) is 8.71. The van der Waals surface area contributed by atoms with E-state index in [1.54, 1.807) is 0 Å². The van der Waals surface area contributed by atoms with Crippen molar-refractivity contribution in [2.24, 2.45) is 0 Å². The molecule has 0 amide bonds. The zero-order valence-electron chi connectivity index (χ0n) is 18.7. The summed E-state index contributed by atoms with van der Waals surface area (Å²) in [6.07, 6.45) is 24.3. The number of carbonyl (C=O) groups is 1. The number of carbonyl (C=O) groups excluding carboxylic acids is 1. The summed E-state index contributed by atoms with van der Waals surface area (Å²) in [6, 6.07) is 0. The molecule has 0 aromatic carbocycles. The molecule has 0 aromatic heterocycles. The molecule has 0 aromatic rings. The van der Waals surface area contributed by atoms with Gasteiger partial charge in [0, 0.05) is 0 Å². The Morgan fingerprint density at radius 3 is 1.22 bits per heavy atom. The second-order valence-electron chi connectivity index (χ2n) is 8.71. The minimum Gasteiger partial charge on any atom is -0.464 e. The van der Waals surface area contributed by atoms with Crippen LogP contribution in [0.4, 0.5) is 0 Å². The van der Waals surface area contributed by atoms with E-state index in [2.05, 4.69) is 6.92 Å². The Balaban J connectivity index is 3.10. The van der Waals surface area contributed by atoms with E-state index in [0.29, 0.717) is 6.61 Å². The maximum absolute atomic E-state index is 11.4. The first-order valence-electron chi connectivity index (χ1n) is 11.9. The monoisotopic (exact) mass is 384 g/mol. The average molecular weight is 385 g/mol. The Bertz CT molecular complexity index is 320. The Kier molecular flexibility index (Phi) is 18.4. The quantitative estimate of drug-likeness (QED) is 0.176. The van der Waals surface area contributed by atoms with E-state index in [1.807, 2.05) is 0 Å². The minimum atomic E-state index is -1.37. The van der Waals surface area contributed by atoms with Crippen molar-refractivity contribution in [2.45, 2.75) is 142 Å². The van der Waals surface area contributed by atoms with Crippen molar-refractivity contribution in [1.29, 1.82) is 0 Å². The summed E-state index contributed by atoms with van der Waals surface area (Å²) in [5, 5.41) is 9.46. The number of unbranched alkanes of at least 4 members (excludes halogenated alkanes) is 17. The van der Waals surface area contributed by atoms with Crippen LogP contribution in [-0.2, 0) is 9.53 Å². The maximum atomic E-state index is 11.4. The fourth-order valence-electron chi connectivity index (χ4n) is 3.35. The molecule has 0 aliphatic carbocycles. The summed E-state index contributed by atoms with van der Waals surface area (Å²) in [6.45, 7) is 5.64. The third-order valence-corrected chi connectivity index (χ3v) is 5.23. The standard InChI is InChI=1S/C24H48O3/c1-4-5-6-7-8-9-10-11-12-13-14-15-16-17-18-19-20-21-22-27-23(25)24(2,3)26/h26H,4-22H2,1-3H3. The molecule has 0 spiro atoms. The fourth-order valence-corrected chi connectivity index (χ4v) is 3.35. The van der Waals surface area contributed by atoms with E-state index < -0.39 is 11.6 Å². The van der Waals surface area contributed by atoms with E-state index in [9.17, 15) is 9.90 Å². The van der Waals surface area contributed by atoms with Gasteiger partial charge >= 0.3 is 5.97 Å². The third-order valence-electron chi connectivity index (χ3n) is 5.23. The first-order valence-corrected chi connectivity index (χ1v) is 11.9. The van der Waals surface area contributed by atoms with Crippen LogP contribution in [0.15, 0.2) is 0 Å². The van der Waals surface area contributed by atoms with Gasteiger partial charge in [-0.15, -0.1) is 0 Å². The fraction of sp³-hybridized carbons (Fsp3) is 0.958. The number of ether oxygens (including phenoxy) is 1. The van der Waals surface area contributed by atoms with Gasteiger partial charge in [-0.1, -0.05) is 116 Å². The normalized spacial score (nSPS) is 11.7. The van der Waals surface area contributed by atoms with Crippen LogP contribution in [0.3, 0.4) is 0 Å². The highest BCUT2D eigenvalue weighted by Crippen LogP contribution is 2.14. The molecule has 0 atom stereocenters. The summed E-state index contributed by atoms with van der Waals surface area (Å²) < 4.78 is 5.05. The molecular formula is C24H48O3. The summed E-state index contributed by atoms with van der Waals surface area (Å²) in [7, 11) is 0. The predicted molar refractivity (Wildman–Crippen MR) is 116 cm³/mol. The molecule has 0 unspecified atom stereocenters. The first-order chi connectivity index (χ1) is 13.0. The third kappa shape index (κ3) is 20.0. The van der Waals surface area contributed by atoms with Crippen molar-refractivity contribution < 1.29 is 14.6 Å². The molecule has 0 saturated carbocycles. The molecule has 0 aliphatic rings. The Morgan fingerprint density at radius 1 is 0.630 bits per heavy atom. The zero-order valence-corrected chi connectivity index (χ0v) is 18.7. The molecule has 0 fully saturated rings. The van der Waals surface area contributed by atoms with Gasteiger partial charge in [0.25, 0.3) is 0 Å². The van der Waals surface area contributed by atoms with Crippen LogP contribution in [-0.4, -0.2) is 23.3 Å². The number of aliphatic hydroxyl groups is 1. The summed E-state index contributed by atoms with van der Waals surface area (Å²) in [5.41, 5.74) is -1.37. The van der Waals surface area contributed by atoms with Crippen LogP contribution < -0.4 is 0 Å². The molecule has 0 aliphatic heterocycles. The lowest BCUT2D eigenvalue weighted by molar-refractivity contribution is -0.161. The maximum Gasteiger partial charge on any atom is 0.337 e. The van der Waals surface area contributed by atoms with Gasteiger partial charge in [0.1, 0.15) is 0 Å². The van der Waals surface area contributed by atoms with E-state index >= 15 is 0 Å². The lowest BCUT2D eigenvalue weighted by Gasteiger charge is -2.15. The number of hydrogen-bond donors (Lipinski definition) is 1. The second kappa shape index (κ2) is 18.8. The lowest BCUT2D eigenvalue weighted by Crippen LogP contribution is -2.33. The average Bonchev–Trinajstić information content (AvgIpc) is 2.62. The van der Waals surface area contributed by atoms with Gasteiger partial charge < -0.3 is 9.84 Å². The number of esters is 1. The molecule has 0 bridgehead atoms. The molecule has 0 saturated heterocycles. The van der Waals surface area contributed by atoms with Gasteiger partial charge in [-0.05, 0) is 20.3 Å². The van der Waals surface area contributed by atoms with Gasteiger partial charge in [-0.2, -0.15) is 0 Å². The van der Waals surface area contributed by atoms with Crippen molar-refractivity contribution in [1.82, 2.24) is 0 Å². The summed E-state index contributed by atoms with van der Waals surface area (Å²) in [5.74, 6) is -0.519. The molecule has 162 valence electrons. The highest BCUT2D eigenvalue weighted by Gasteiger charge is 2.25. The molecular weight excluding hydrogens is 336 g/mol. The van der Waals surface area contributed by atoms with E-state index in [0.717, 1.165) is 12.8 Å². The molecule has 3 heteroatoms. The van der Waals surface area contributed by atoms with Crippen LogP contribution in [0.2, 0.25) is 0 Å². The topological polar surface area (TPSA) is 46.5 Å². The van der Waals surface area contributed by atoms with Crippen LogP contribution >= 0.6 is 0 Å². The van der Waals surface area contributed by atoms with Crippen molar-refractivity contribution in [2.75, 3.05) is 6.61 Å². The number of hydrogen-bond acceptors (Lipinski definition) is 3. The molecule has 0 radical (unpaired) electrons. The van der Waals surface area contributed by atoms with Gasteiger partial charge in [0.15, 0.2) is 5.60 Å². The van der Waals surface area contributed by atoms with Crippen LogP contribution in [0, 0.1) is 0 Å². The first kappa shape index (κ1) is 26.4. The van der Waals surface area contributed by atoms with Crippen LogP contribution in [0.25, 0.3) is 0 Å². The largest absolute Gasteiger partial charge is 0.464 e. The van der Waals surface area contributed by atoms with Crippen LogP contribution in [0.1, 0.15) is 136 Å². The summed E-state index contributed by atoms with van der Waals surface area (Å²) >= 11 is 0. The molecule has 0 heterocycles. The van der Waals surface area contributed by atoms with Gasteiger partial charge in [-0.25, -0.2) is 4.79 Å². The summed E-state index contributed by atoms with van der Waals surface area (Å²) in [4.78, 5) is 11.4. The van der Waals surface area contributed by atoms with Gasteiger partial charge in [-0.3, -0.25) is 0 Å². The predicted octanol–water partition coefficient (Wildman–Crippen LogP) is 7.34. The SMILES string of the molecule is CCCCCCCCCCCCCCCCCCCCOC(=O)C(C)(C)O. The zero-order chi connectivity index (χ0) is 20.2. The van der Waals surface area contributed by atoms with E-state index in [-0.39, 0.29) is 0 Å². The Morgan fingerprint density at radius 2 is 0.926 bits per heavy atom. The molecule has 27 heavy (non-hydrogen) atoms. The van der Waals surface area contributed by atoms with Crippen molar-refractivity contribution in [3.63, 3.8) is 0 Å².